The van der Waals surface area contributed by atoms with Crippen LogP contribution >= 0.6 is 0 Å². The van der Waals surface area contributed by atoms with Gasteiger partial charge in [-0.3, -0.25) is 0 Å². The summed E-state index contributed by atoms with van der Waals surface area (Å²) in [6, 6.07) is 8.19. The van der Waals surface area contributed by atoms with Gasteiger partial charge in [0.2, 0.25) is 0 Å². The molecule has 1 rings (SSSR count). The molecule has 1 aromatic carbocycles. The van der Waals surface area contributed by atoms with Crippen LogP contribution in [0.25, 0.3) is 0 Å². The zero-order valence-electron chi connectivity index (χ0n) is 10.0. The van der Waals surface area contributed by atoms with E-state index in [1.54, 1.807) is 0 Å². The van der Waals surface area contributed by atoms with Gasteiger partial charge in [-0.2, -0.15) is 0 Å². The van der Waals surface area contributed by atoms with E-state index in [0.717, 1.165) is 25.3 Å². The van der Waals surface area contributed by atoms with Gasteiger partial charge in [-0.15, -0.1) is 11.8 Å². The molecule has 0 aliphatic rings. The quantitative estimate of drug-likeness (QED) is 0.584. The molecule has 0 heterocycles. The molecule has 16 heavy (non-hydrogen) atoms. The van der Waals surface area contributed by atoms with Gasteiger partial charge in [0, 0.05) is 13.0 Å². The van der Waals surface area contributed by atoms with E-state index in [-0.39, 0.29) is 0 Å². The number of benzene rings is 1. The Hall–Kier alpha value is -1.46. The van der Waals surface area contributed by atoms with E-state index in [1.807, 2.05) is 19.1 Å². The van der Waals surface area contributed by atoms with E-state index in [4.69, 9.17) is 4.74 Å². The maximum atomic E-state index is 5.54. The molecule has 0 unspecified atom stereocenters. The average Bonchev–Trinajstić information content (AvgIpc) is 2.33. The maximum Gasteiger partial charge on any atom is 0.119 e. The average molecular weight is 217 g/mol. The molecule has 2 nitrogen and oxygen atoms in total. The SMILES string of the molecule is CC#CCCOc1ccc(CNCC)cc1. The zero-order valence-corrected chi connectivity index (χ0v) is 10.0. The van der Waals surface area contributed by atoms with Gasteiger partial charge in [0.1, 0.15) is 5.75 Å². The normalized spacial score (nSPS) is 9.38. The number of hydrogen-bond acceptors (Lipinski definition) is 2. The first kappa shape index (κ1) is 12.6. The molecule has 0 radical (unpaired) electrons. The predicted molar refractivity (Wildman–Crippen MR) is 67.4 cm³/mol. The first-order valence-corrected chi connectivity index (χ1v) is 5.69. The van der Waals surface area contributed by atoms with Crippen molar-refractivity contribution in [3.05, 3.63) is 29.8 Å². The van der Waals surface area contributed by atoms with Gasteiger partial charge < -0.3 is 10.1 Å². The fourth-order valence-electron chi connectivity index (χ4n) is 1.32. The van der Waals surface area contributed by atoms with E-state index in [9.17, 15) is 0 Å². The number of rotatable bonds is 6. The molecule has 0 saturated carbocycles. The van der Waals surface area contributed by atoms with Crippen molar-refractivity contribution in [3.63, 3.8) is 0 Å². The highest BCUT2D eigenvalue weighted by atomic mass is 16.5. The first-order chi connectivity index (χ1) is 7.86. The molecule has 2 heteroatoms. The second-order valence-electron chi connectivity index (χ2n) is 3.45. The lowest BCUT2D eigenvalue weighted by atomic mass is 10.2. The highest BCUT2D eigenvalue weighted by Crippen LogP contribution is 2.12. The minimum absolute atomic E-state index is 0.660. The summed E-state index contributed by atoms with van der Waals surface area (Å²) < 4.78 is 5.54. The minimum atomic E-state index is 0.660. The van der Waals surface area contributed by atoms with Crippen LogP contribution in [-0.2, 0) is 6.54 Å². The summed E-state index contributed by atoms with van der Waals surface area (Å²) in [5.41, 5.74) is 1.28. The van der Waals surface area contributed by atoms with Crippen molar-refractivity contribution in [1.82, 2.24) is 5.32 Å². The molecule has 0 amide bonds. The van der Waals surface area contributed by atoms with Gasteiger partial charge in [-0.05, 0) is 31.2 Å². The second kappa shape index (κ2) is 7.78. The third-order valence-corrected chi connectivity index (χ3v) is 2.18. The Kier molecular flexibility index (Phi) is 6.13. The van der Waals surface area contributed by atoms with Gasteiger partial charge in [0.25, 0.3) is 0 Å². The van der Waals surface area contributed by atoms with Gasteiger partial charge in [0.15, 0.2) is 0 Å². The highest BCUT2D eigenvalue weighted by Gasteiger charge is 1.94. The van der Waals surface area contributed by atoms with Crippen molar-refractivity contribution in [2.75, 3.05) is 13.2 Å². The second-order valence-corrected chi connectivity index (χ2v) is 3.45. The number of nitrogens with one attached hydrogen (secondary N) is 1. The van der Waals surface area contributed by atoms with Gasteiger partial charge in [-0.1, -0.05) is 19.1 Å². The molecule has 86 valence electrons. The Morgan fingerprint density at radius 2 is 2.00 bits per heavy atom. The molecule has 0 aliphatic carbocycles. The summed E-state index contributed by atoms with van der Waals surface area (Å²) in [4.78, 5) is 0. The molecule has 0 atom stereocenters. The van der Waals surface area contributed by atoms with Gasteiger partial charge in [0.05, 0.1) is 6.61 Å². The Bertz CT molecular complexity index is 345. The molecule has 0 saturated heterocycles. The summed E-state index contributed by atoms with van der Waals surface area (Å²) in [7, 11) is 0. The molecular weight excluding hydrogens is 198 g/mol. The predicted octanol–water partition coefficient (Wildman–Crippen LogP) is 2.59. The van der Waals surface area contributed by atoms with Gasteiger partial charge >= 0.3 is 0 Å². The van der Waals surface area contributed by atoms with Crippen molar-refractivity contribution < 1.29 is 4.74 Å². The zero-order chi connectivity index (χ0) is 11.6. The monoisotopic (exact) mass is 217 g/mol. The molecule has 0 aromatic heterocycles. The minimum Gasteiger partial charge on any atom is -0.493 e. The Morgan fingerprint density at radius 1 is 1.25 bits per heavy atom. The maximum absolute atomic E-state index is 5.54. The largest absolute Gasteiger partial charge is 0.493 e. The van der Waals surface area contributed by atoms with Gasteiger partial charge in [-0.25, -0.2) is 0 Å². The molecular formula is C14H19NO. The Morgan fingerprint density at radius 3 is 2.62 bits per heavy atom. The summed E-state index contributed by atoms with van der Waals surface area (Å²) in [5.74, 6) is 6.74. The van der Waals surface area contributed by atoms with Crippen molar-refractivity contribution in [1.29, 1.82) is 0 Å². The van der Waals surface area contributed by atoms with Crippen LogP contribution in [0, 0.1) is 11.8 Å². The number of hydrogen-bond donors (Lipinski definition) is 1. The topological polar surface area (TPSA) is 21.3 Å². The van der Waals surface area contributed by atoms with Crippen molar-refractivity contribution >= 4 is 0 Å². The van der Waals surface area contributed by atoms with Crippen LogP contribution in [-0.4, -0.2) is 13.2 Å². The van der Waals surface area contributed by atoms with Crippen LogP contribution in [0.2, 0.25) is 0 Å². The lowest BCUT2D eigenvalue weighted by Gasteiger charge is -2.06. The van der Waals surface area contributed by atoms with E-state index in [2.05, 4.69) is 36.2 Å². The van der Waals surface area contributed by atoms with Crippen LogP contribution in [0.5, 0.6) is 5.75 Å². The van der Waals surface area contributed by atoms with E-state index >= 15 is 0 Å². The molecule has 0 bridgehead atoms. The first-order valence-electron chi connectivity index (χ1n) is 5.69. The highest BCUT2D eigenvalue weighted by molar-refractivity contribution is 5.27. The summed E-state index contributed by atoms with van der Waals surface area (Å²) in [6.07, 6.45) is 0.787. The summed E-state index contributed by atoms with van der Waals surface area (Å²) in [6.45, 7) is 6.52. The fourth-order valence-corrected chi connectivity index (χ4v) is 1.32. The van der Waals surface area contributed by atoms with Crippen LogP contribution in [0.3, 0.4) is 0 Å². The van der Waals surface area contributed by atoms with Crippen molar-refractivity contribution in [3.8, 4) is 17.6 Å². The molecule has 0 fully saturated rings. The van der Waals surface area contributed by atoms with Crippen LogP contribution in [0.15, 0.2) is 24.3 Å². The summed E-state index contributed by atoms with van der Waals surface area (Å²) >= 11 is 0. The fraction of sp³-hybridized carbons (Fsp3) is 0.429. The van der Waals surface area contributed by atoms with Crippen molar-refractivity contribution in [2.24, 2.45) is 0 Å². The van der Waals surface area contributed by atoms with E-state index in [1.165, 1.54) is 5.56 Å². The lowest BCUT2D eigenvalue weighted by Crippen LogP contribution is -2.11. The van der Waals surface area contributed by atoms with Crippen molar-refractivity contribution in [2.45, 2.75) is 26.8 Å². The third-order valence-electron chi connectivity index (χ3n) is 2.18. The third kappa shape index (κ3) is 4.86. The van der Waals surface area contributed by atoms with Crippen LogP contribution in [0.4, 0.5) is 0 Å². The standard InChI is InChI=1S/C14H19NO/c1-3-5-6-11-16-14-9-7-13(8-10-14)12-15-4-2/h7-10,15H,4,6,11-12H2,1-2H3. The molecule has 0 spiro atoms. The smallest absolute Gasteiger partial charge is 0.119 e. The lowest BCUT2D eigenvalue weighted by molar-refractivity contribution is 0.327. The molecule has 1 N–H and O–H groups in total. The molecule has 0 aliphatic heterocycles. The summed E-state index contributed by atoms with van der Waals surface area (Å²) in [5, 5.41) is 3.28. The van der Waals surface area contributed by atoms with E-state index in [0.29, 0.717) is 6.61 Å². The number of ether oxygens (including phenoxy) is 1. The Labute approximate surface area is 98.0 Å². The van der Waals surface area contributed by atoms with E-state index < -0.39 is 0 Å². The Balaban J connectivity index is 2.34. The van der Waals surface area contributed by atoms with Crippen LogP contribution in [0.1, 0.15) is 25.8 Å². The molecule has 1 aromatic rings. The van der Waals surface area contributed by atoms with Crippen LogP contribution < -0.4 is 10.1 Å².